The molecule has 0 saturated carbocycles. The van der Waals surface area contributed by atoms with E-state index in [0.29, 0.717) is 10.6 Å². The van der Waals surface area contributed by atoms with Gasteiger partial charge in [0.25, 0.3) is 10.0 Å². The standard InChI is InChI=1S/C20H26N2O3S/c1-15-4-5-16(2)20(14-15)26(23,24)21-17-6-8-18(9-7-17)25-19-10-12-22(3)13-11-19/h4-9,14,19,21H,10-13H2,1-3H3. The molecule has 0 radical (unpaired) electrons. The van der Waals surface area contributed by atoms with Crippen LogP contribution < -0.4 is 9.46 Å². The molecule has 1 N–H and O–H groups in total. The van der Waals surface area contributed by atoms with Crippen LogP contribution in [0.1, 0.15) is 24.0 Å². The highest BCUT2D eigenvalue weighted by atomic mass is 32.2. The van der Waals surface area contributed by atoms with E-state index in [2.05, 4.69) is 16.7 Å². The van der Waals surface area contributed by atoms with Gasteiger partial charge < -0.3 is 9.64 Å². The Labute approximate surface area is 156 Å². The molecule has 140 valence electrons. The fourth-order valence-electron chi connectivity index (χ4n) is 3.10. The third-order valence-electron chi connectivity index (χ3n) is 4.71. The van der Waals surface area contributed by atoms with Crippen LogP contribution in [0.4, 0.5) is 5.69 Å². The summed E-state index contributed by atoms with van der Waals surface area (Å²) in [5.41, 5.74) is 2.17. The fraction of sp³-hybridized carbons (Fsp3) is 0.400. The number of ether oxygens (including phenoxy) is 1. The van der Waals surface area contributed by atoms with Crippen LogP contribution in [0, 0.1) is 13.8 Å². The number of hydrogen-bond acceptors (Lipinski definition) is 4. The number of nitrogens with zero attached hydrogens (tertiary/aromatic N) is 1. The van der Waals surface area contributed by atoms with Gasteiger partial charge in [-0.25, -0.2) is 8.42 Å². The lowest BCUT2D eigenvalue weighted by Crippen LogP contribution is -2.35. The Morgan fingerprint density at radius 2 is 1.69 bits per heavy atom. The number of rotatable bonds is 5. The summed E-state index contributed by atoms with van der Waals surface area (Å²) >= 11 is 0. The molecule has 0 bridgehead atoms. The number of sulfonamides is 1. The Balaban J connectivity index is 1.68. The summed E-state index contributed by atoms with van der Waals surface area (Å²) in [6, 6.07) is 12.5. The SMILES string of the molecule is Cc1ccc(C)c(S(=O)(=O)Nc2ccc(OC3CCN(C)CC3)cc2)c1. The number of likely N-dealkylation sites (tertiary alicyclic amines) is 1. The summed E-state index contributed by atoms with van der Waals surface area (Å²) in [6.45, 7) is 5.76. The largest absolute Gasteiger partial charge is 0.490 e. The first-order valence-corrected chi connectivity index (χ1v) is 10.4. The first-order valence-electron chi connectivity index (χ1n) is 8.89. The van der Waals surface area contributed by atoms with Crippen LogP contribution >= 0.6 is 0 Å². The van der Waals surface area contributed by atoms with Crippen LogP contribution in [0.3, 0.4) is 0 Å². The highest BCUT2D eigenvalue weighted by molar-refractivity contribution is 7.92. The van der Waals surface area contributed by atoms with Crippen molar-refractivity contribution in [2.24, 2.45) is 0 Å². The van der Waals surface area contributed by atoms with E-state index in [1.807, 2.05) is 31.2 Å². The van der Waals surface area contributed by atoms with Crippen LogP contribution in [0.15, 0.2) is 47.4 Å². The van der Waals surface area contributed by atoms with Gasteiger partial charge in [-0.1, -0.05) is 12.1 Å². The van der Waals surface area contributed by atoms with E-state index in [1.54, 1.807) is 25.1 Å². The molecule has 3 rings (SSSR count). The van der Waals surface area contributed by atoms with E-state index >= 15 is 0 Å². The predicted molar refractivity (Wildman–Crippen MR) is 104 cm³/mol. The van der Waals surface area contributed by atoms with Crippen molar-refractivity contribution in [3.05, 3.63) is 53.6 Å². The summed E-state index contributed by atoms with van der Waals surface area (Å²) in [7, 11) is -1.49. The molecule has 0 atom stereocenters. The molecular weight excluding hydrogens is 348 g/mol. The molecule has 6 heteroatoms. The normalized spacial score (nSPS) is 16.4. The van der Waals surface area contributed by atoms with Crippen molar-refractivity contribution in [1.82, 2.24) is 4.90 Å². The highest BCUT2D eigenvalue weighted by Crippen LogP contribution is 2.24. The van der Waals surface area contributed by atoms with Crippen LogP contribution in [0.5, 0.6) is 5.75 Å². The Kier molecular flexibility index (Phi) is 5.53. The maximum absolute atomic E-state index is 12.7. The number of hydrogen-bond donors (Lipinski definition) is 1. The van der Waals surface area contributed by atoms with E-state index in [0.717, 1.165) is 42.8 Å². The third-order valence-corrected chi connectivity index (χ3v) is 6.23. The first kappa shape index (κ1) is 18.7. The molecule has 1 heterocycles. The van der Waals surface area contributed by atoms with Crippen molar-refractivity contribution in [3.63, 3.8) is 0 Å². The number of piperidine rings is 1. The van der Waals surface area contributed by atoms with Crippen molar-refractivity contribution in [1.29, 1.82) is 0 Å². The molecule has 0 aliphatic carbocycles. The maximum Gasteiger partial charge on any atom is 0.262 e. The molecular formula is C20H26N2O3S. The number of nitrogens with one attached hydrogen (secondary N) is 1. The second kappa shape index (κ2) is 7.68. The minimum atomic E-state index is -3.61. The second-order valence-corrected chi connectivity index (χ2v) is 8.67. The van der Waals surface area contributed by atoms with E-state index in [1.165, 1.54) is 0 Å². The zero-order chi connectivity index (χ0) is 18.7. The van der Waals surface area contributed by atoms with E-state index in [-0.39, 0.29) is 6.10 Å². The molecule has 1 aliphatic rings. The lowest BCUT2D eigenvalue weighted by Gasteiger charge is -2.29. The van der Waals surface area contributed by atoms with Gasteiger partial charge in [-0.2, -0.15) is 0 Å². The number of aryl methyl sites for hydroxylation is 2. The smallest absolute Gasteiger partial charge is 0.262 e. The highest BCUT2D eigenvalue weighted by Gasteiger charge is 2.19. The number of benzene rings is 2. The van der Waals surface area contributed by atoms with Gasteiger partial charge in [0.15, 0.2) is 0 Å². The van der Waals surface area contributed by atoms with E-state index < -0.39 is 10.0 Å². The Morgan fingerprint density at radius 3 is 2.35 bits per heavy atom. The average molecular weight is 375 g/mol. The average Bonchev–Trinajstić information content (AvgIpc) is 2.60. The molecule has 2 aromatic carbocycles. The third kappa shape index (κ3) is 4.56. The summed E-state index contributed by atoms with van der Waals surface area (Å²) in [6.07, 6.45) is 2.25. The van der Waals surface area contributed by atoms with Crippen molar-refractivity contribution in [2.75, 3.05) is 24.9 Å². The molecule has 1 aliphatic heterocycles. The monoisotopic (exact) mass is 374 g/mol. The van der Waals surface area contributed by atoms with E-state index in [9.17, 15) is 8.42 Å². The first-order chi connectivity index (χ1) is 12.3. The second-order valence-electron chi connectivity index (χ2n) is 7.02. The zero-order valence-electron chi connectivity index (χ0n) is 15.5. The Hall–Kier alpha value is -2.05. The molecule has 1 fully saturated rings. The minimum absolute atomic E-state index is 0.226. The van der Waals surface area contributed by atoms with Gasteiger partial charge in [0.2, 0.25) is 0 Å². The van der Waals surface area contributed by atoms with Gasteiger partial charge in [-0.3, -0.25) is 4.72 Å². The summed E-state index contributed by atoms with van der Waals surface area (Å²) in [5, 5.41) is 0. The zero-order valence-corrected chi connectivity index (χ0v) is 16.3. The molecule has 0 spiro atoms. The summed E-state index contributed by atoms with van der Waals surface area (Å²) in [5.74, 6) is 0.772. The Bertz CT molecular complexity index is 855. The van der Waals surface area contributed by atoms with Gasteiger partial charge >= 0.3 is 0 Å². The molecule has 0 unspecified atom stereocenters. The summed E-state index contributed by atoms with van der Waals surface area (Å²) < 4.78 is 34.0. The van der Waals surface area contributed by atoms with Crippen molar-refractivity contribution in [3.8, 4) is 5.75 Å². The quantitative estimate of drug-likeness (QED) is 0.869. The maximum atomic E-state index is 12.7. The molecule has 5 nitrogen and oxygen atoms in total. The van der Waals surface area contributed by atoms with Gasteiger partial charge in [-0.15, -0.1) is 0 Å². The van der Waals surface area contributed by atoms with Gasteiger partial charge in [0.1, 0.15) is 11.9 Å². The van der Waals surface area contributed by atoms with Crippen LogP contribution in [-0.2, 0) is 10.0 Å². The lowest BCUT2D eigenvalue weighted by atomic mass is 10.1. The molecule has 0 aromatic heterocycles. The fourth-order valence-corrected chi connectivity index (χ4v) is 4.49. The van der Waals surface area contributed by atoms with Crippen LogP contribution in [-0.4, -0.2) is 39.6 Å². The van der Waals surface area contributed by atoms with Gasteiger partial charge in [0, 0.05) is 18.8 Å². The van der Waals surface area contributed by atoms with Gasteiger partial charge in [-0.05, 0) is 75.2 Å². The van der Waals surface area contributed by atoms with Crippen molar-refractivity contribution in [2.45, 2.75) is 37.7 Å². The lowest BCUT2D eigenvalue weighted by molar-refractivity contribution is 0.114. The van der Waals surface area contributed by atoms with Crippen molar-refractivity contribution >= 4 is 15.7 Å². The molecule has 0 amide bonds. The molecule has 26 heavy (non-hydrogen) atoms. The minimum Gasteiger partial charge on any atom is -0.490 e. The topological polar surface area (TPSA) is 58.6 Å². The summed E-state index contributed by atoms with van der Waals surface area (Å²) in [4.78, 5) is 2.61. The van der Waals surface area contributed by atoms with E-state index in [4.69, 9.17) is 4.74 Å². The van der Waals surface area contributed by atoms with Gasteiger partial charge in [0.05, 0.1) is 4.90 Å². The number of anilines is 1. The van der Waals surface area contributed by atoms with Crippen LogP contribution in [0.2, 0.25) is 0 Å². The Morgan fingerprint density at radius 1 is 1.04 bits per heavy atom. The predicted octanol–water partition coefficient (Wildman–Crippen LogP) is 3.58. The molecule has 2 aromatic rings. The van der Waals surface area contributed by atoms with Crippen LogP contribution in [0.25, 0.3) is 0 Å². The molecule has 1 saturated heterocycles. The van der Waals surface area contributed by atoms with Crippen molar-refractivity contribution < 1.29 is 13.2 Å².